The van der Waals surface area contributed by atoms with Gasteiger partial charge in [-0.1, -0.05) is 47.6 Å². The fourth-order valence-electron chi connectivity index (χ4n) is 2.71. The van der Waals surface area contributed by atoms with Gasteiger partial charge in [-0.15, -0.1) is 0 Å². The molecule has 1 aromatic carbocycles. The number of hydrogen-bond donors (Lipinski definition) is 4. The van der Waals surface area contributed by atoms with Crippen molar-refractivity contribution in [2.45, 2.75) is 58.9 Å². The third kappa shape index (κ3) is 5.17. The molecule has 1 rings (SSSR count). The molecule has 0 aliphatic heterocycles. The minimum Gasteiger partial charge on any atom is -0.492 e. The first-order chi connectivity index (χ1) is 11.4. The number of nitrogens with two attached hydrogens (primary N) is 1. The summed E-state index contributed by atoms with van der Waals surface area (Å²) in [6, 6.07) is 4.11. The highest BCUT2D eigenvalue weighted by Gasteiger charge is 2.31. The van der Waals surface area contributed by atoms with Gasteiger partial charge in [0.15, 0.2) is 0 Å². The lowest BCUT2D eigenvalue weighted by Crippen LogP contribution is -2.40. The molecule has 5 heteroatoms. The fraction of sp³-hybridized carbons (Fsp3) is 0.700. The maximum atomic E-state index is 9.52. The predicted octanol–water partition coefficient (Wildman–Crippen LogP) is 2.08. The van der Waals surface area contributed by atoms with Crippen LogP contribution < -0.4 is 10.5 Å². The van der Waals surface area contributed by atoms with Gasteiger partial charge in [0.25, 0.3) is 0 Å². The van der Waals surface area contributed by atoms with Crippen molar-refractivity contribution in [1.82, 2.24) is 0 Å². The Balaban J connectivity index is 3.39. The number of aliphatic hydroxyl groups is 3. The monoisotopic (exact) mass is 353 g/mol. The van der Waals surface area contributed by atoms with Gasteiger partial charge in [0, 0.05) is 6.54 Å². The van der Waals surface area contributed by atoms with E-state index in [9.17, 15) is 15.3 Å². The quantitative estimate of drug-likeness (QED) is 0.602. The molecule has 0 unspecified atom stereocenters. The second kappa shape index (κ2) is 8.04. The van der Waals surface area contributed by atoms with Crippen molar-refractivity contribution in [2.75, 3.05) is 26.4 Å². The first-order valence-electron chi connectivity index (χ1n) is 8.77. The zero-order valence-corrected chi connectivity index (χ0v) is 16.5. The lowest BCUT2D eigenvalue weighted by molar-refractivity contribution is -0.0262. The van der Waals surface area contributed by atoms with Crippen LogP contribution in [0.2, 0.25) is 0 Å². The van der Waals surface area contributed by atoms with E-state index in [0.29, 0.717) is 12.3 Å². The van der Waals surface area contributed by atoms with Gasteiger partial charge in [0.05, 0.1) is 25.2 Å². The van der Waals surface area contributed by atoms with Crippen LogP contribution >= 0.6 is 0 Å². The van der Waals surface area contributed by atoms with E-state index in [1.54, 1.807) is 0 Å². The first kappa shape index (κ1) is 21.9. The van der Waals surface area contributed by atoms with Gasteiger partial charge >= 0.3 is 0 Å². The van der Waals surface area contributed by atoms with Gasteiger partial charge < -0.3 is 25.8 Å². The SMILES string of the molecule is CC(C)(C)c1cc(C(C)(C)C)c(OCC(CO)(CO)CO)cc1CN. The largest absolute Gasteiger partial charge is 0.492 e. The normalized spacial score (nSPS) is 13.2. The van der Waals surface area contributed by atoms with E-state index in [4.69, 9.17) is 10.5 Å². The maximum Gasteiger partial charge on any atom is 0.123 e. The highest BCUT2D eigenvalue weighted by Crippen LogP contribution is 2.38. The summed E-state index contributed by atoms with van der Waals surface area (Å²) < 4.78 is 5.98. The number of benzene rings is 1. The average molecular weight is 354 g/mol. The van der Waals surface area contributed by atoms with Gasteiger partial charge in [-0.3, -0.25) is 0 Å². The Morgan fingerprint density at radius 3 is 1.68 bits per heavy atom. The minimum absolute atomic E-state index is 0.0262. The summed E-state index contributed by atoms with van der Waals surface area (Å²) in [7, 11) is 0. The van der Waals surface area contributed by atoms with Crippen LogP contribution in [0, 0.1) is 5.41 Å². The second-order valence-electron chi connectivity index (χ2n) is 8.97. The van der Waals surface area contributed by atoms with Crippen molar-refractivity contribution in [3.8, 4) is 5.75 Å². The highest BCUT2D eigenvalue weighted by molar-refractivity contribution is 5.48. The molecule has 0 saturated heterocycles. The van der Waals surface area contributed by atoms with Crippen molar-refractivity contribution in [3.05, 3.63) is 28.8 Å². The van der Waals surface area contributed by atoms with Gasteiger partial charge in [0.2, 0.25) is 0 Å². The molecule has 0 saturated carbocycles. The molecule has 0 aliphatic rings. The molecule has 144 valence electrons. The number of aliphatic hydroxyl groups excluding tert-OH is 3. The van der Waals surface area contributed by atoms with Gasteiger partial charge in [-0.2, -0.15) is 0 Å². The molecule has 0 aliphatic carbocycles. The van der Waals surface area contributed by atoms with E-state index in [-0.39, 0.29) is 37.3 Å². The summed E-state index contributed by atoms with van der Waals surface area (Å²) >= 11 is 0. The molecule has 0 fully saturated rings. The number of rotatable bonds is 7. The molecule has 0 atom stereocenters. The fourth-order valence-corrected chi connectivity index (χ4v) is 2.71. The van der Waals surface area contributed by atoms with Crippen LogP contribution in [0.25, 0.3) is 0 Å². The van der Waals surface area contributed by atoms with Crippen LogP contribution in [0.1, 0.15) is 58.2 Å². The molecular weight excluding hydrogens is 318 g/mol. The Labute approximate surface area is 151 Å². The number of ether oxygens (including phenoxy) is 1. The predicted molar refractivity (Wildman–Crippen MR) is 101 cm³/mol. The van der Waals surface area contributed by atoms with Crippen molar-refractivity contribution in [3.63, 3.8) is 0 Å². The van der Waals surface area contributed by atoms with E-state index in [0.717, 1.165) is 11.1 Å². The maximum absolute atomic E-state index is 9.52. The molecule has 0 heterocycles. The minimum atomic E-state index is -1.07. The lowest BCUT2D eigenvalue weighted by Gasteiger charge is -2.32. The Hall–Kier alpha value is -1.14. The topological polar surface area (TPSA) is 95.9 Å². The molecule has 0 amide bonds. The van der Waals surface area contributed by atoms with Crippen molar-refractivity contribution in [1.29, 1.82) is 0 Å². The van der Waals surface area contributed by atoms with Crippen LogP contribution in [-0.4, -0.2) is 41.7 Å². The molecular formula is C20H35NO4. The Kier molecular flexibility index (Phi) is 7.04. The van der Waals surface area contributed by atoms with E-state index in [2.05, 4.69) is 47.6 Å². The molecule has 0 bridgehead atoms. The zero-order valence-electron chi connectivity index (χ0n) is 16.5. The number of hydrogen-bond acceptors (Lipinski definition) is 5. The summed E-state index contributed by atoms with van der Waals surface area (Å²) in [5, 5.41) is 28.5. The van der Waals surface area contributed by atoms with Crippen LogP contribution in [0.4, 0.5) is 0 Å². The van der Waals surface area contributed by atoms with Crippen LogP contribution in [0.15, 0.2) is 12.1 Å². The Morgan fingerprint density at radius 1 is 0.840 bits per heavy atom. The van der Waals surface area contributed by atoms with Crippen LogP contribution in [-0.2, 0) is 17.4 Å². The second-order valence-corrected chi connectivity index (χ2v) is 8.97. The summed E-state index contributed by atoms with van der Waals surface area (Å²) in [6.07, 6.45) is 0. The molecule has 5 N–H and O–H groups in total. The van der Waals surface area contributed by atoms with Crippen LogP contribution in [0.3, 0.4) is 0 Å². The smallest absolute Gasteiger partial charge is 0.123 e. The Morgan fingerprint density at radius 2 is 1.32 bits per heavy atom. The average Bonchev–Trinajstić information content (AvgIpc) is 2.54. The van der Waals surface area contributed by atoms with Gasteiger partial charge in [-0.25, -0.2) is 0 Å². The van der Waals surface area contributed by atoms with Crippen molar-refractivity contribution in [2.24, 2.45) is 11.1 Å². The zero-order chi connectivity index (χ0) is 19.5. The third-order valence-corrected chi connectivity index (χ3v) is 4.58. The summed E-state index contributed by atoms with van der Waals surface area (Å²) in [5.74, 6) is 0.681. The molecule has 25 heavy (non-hydrogen) atoms. The van der Waals surface area contributed by atoms with Crippen molar-refractivity contribution < 1.29 is 20.1 Å². The lowest BCUT2D eigenvalue weighted by atomic mass is 9.78. The van der Waals surface area contributed by atoms with E-state index >= 15 is 0 Å². The molecule has 0 radical (unpaired) electrons. The van der Waals surface area contributed by atoms with Gasteiger partial charge in [-0.05, 0) is 33.6 Å². The summed E-state index contributed by atoms with van der Waals surface area (Å²) in [5.41, 5.74) is 7.93. The standard InChI is InChI=1S/C20H35NO4/c1-18(2,3)15-8-16(19(4,5)6)17(7-14(15)9-21)25-13-20(10-22,11-23)12-24/h7-8,22-24H,9-13,21H2,1-6H3. The third-order valence-electron chi connectivity index (χ3n) is 4.58. The molecule has 1 aromatic rings. The van der Waals surface area contributed by atoms with E-state index in [1.807, 2.05) is 6.07 Å². The molecule has 0 spiro atoms. The van der Waals surface area contributed by atoms with Gasteiger partial charge in [0.1, 0.15) is 12.4 Å². The van der Waals surface area contributed by atoms with E-state index in [1.165, 1.54) is 5.56 Å². The first-order valence-corrected chi connectivity index (χ1v) is 8.77. The molecule has 0 aromatic heterocycles. The van der Waals surface area contributed by atoms with E-state index < -0.39 is 5.41 Å². The summed E-state index contributed by atoms with van der Waals surface area (Å²) in [4.78, 5) is 0. The van der Waals surface area contributed by atoms with Crippen LogP contribution in [0.5, 0.6) is 5.75 Å². The Bertz CT molecular complexity index is 558. The van der Waals surface area contributed by atoms with Crippen molar-refractivity contribution >= 4 is 0 Å². The highest BCUT2D eigenvalue weighted by atomic mass is 16.5. The summed E-state index contributed by atoms with van der Waals surface area (Å²) in [6.45, 7) is 12.2. The molecule has 5 nitrogen and oxygen atoms in total.